The van der Waals surface area contributed by atoms with Crippen LogP contribution in [0, 0.1) is 12.3 Å². The van der Waals surface area contributed by atoms with E-state index in [1.165, 1.54) is 0 Å². The van der Waals surface area contributed by atoms with Crippen LogP contribution in [0.2, 0.25) is 0 Å². The summed E-state index contributed by atoms with van der Waals surface area (Å²) < 4.78 is 29.1. The van der Waals surface area contributed by atoms with E-state index in [1.807, 2.05) is 42.5 Å². The smallest absolute Gasteiger partial charge is 0.207 e. The highest BCUT2D eigenvalue weighted by Gasteiger charge is 2.48. The maximum absolute atomic E-state index is 12.6. The predicted molar refractivity (Wildman–Crippen MR) is 92.8 cm³/mol. The number of thiophene rings is 1. The molecule has 5 heteroatoms. The number of hydrogen-bond acceptors (Lipinski definition) is 3. The summed E-state index contributed by atoms with van der Waals surface area (Å²) in [5.74, 6) is 2.65. The molecule has 0 aliphatic carbocycles. The van der Waals surface area contributed by atoms with E-state index >= 15 is 0 Å². The first kappa shape index (κ1) is 14.5. The van der Waals surface area contributed by atoms with Gasteiger partial charge in [-0.3, -0.25) is 0 Å². The van der Waals surface area contributed by atoms with Crippen molar-refractivity contribution in [3.63, 3.8) is 0 Å². The lowest BCUT2D eigenvalue weighted by molar-refractivity contribution is 0.505. The molecule has 4 rings (SSSR count). The van der Waals surface area contributed by atoms with E-state index in [4.69, 9.17) is 6.42 Å². The molecule has 1 aliphatic heterocycles. The van der Waals surface area contributed by atoms with Crippen LogP contribution < -0.4 is 4.72 Å². The minimum atomic E-state index is -3.56. The van der Waals surface area contributed by atoms with E-state index in [-0.39, 0.29) is 6.42 Å². The second-order valence-electron chi connectivity index (χ2n) is 5.54. The Hall–Kier alpha value is -2.13. The van der Waals surface area contributed by atoms with Crippen LogP contribution in [0.1, 0.15) is 16.9 Å². The van der Waals surface area contributed by atoms with Crippen LogP contribution in [0.3, 0.4) is 0 Å². The molecule has 114 valence electrons. The van der Waals surface area contributed by atoms with Gasteiger partial charge in [-0.1, -0.05) is 36.4 Å². The number of benzene rings is 2. The molecule has 0 saturated heterocycles. The molecule has 3 nitrogen and oxygen atoms in total. The number of fused-ring (bicyclic) bond motifs is 2. The largest absolute Gasteiger partial charge is 0.242 e. The van der Waals surface area contributed by atoms with Gasteiger partial charge in [0.2, 0.25) is 10.0 Å². The Morgan fingerprint density at radius 3 is 2.65 bits per heavy atom. The van der Waals surface area contributed by atoms with Gasteiger partial charge in [-0.2, -0.15) is 4.72 Å². The van der Waals surface area contributed by atoms with Crippen molar-refractivity contribution in [3.05, 3.63) is 65.0 Å². The highest BCUT2D eigenvalue weighted by molar-refractivity contribution is 7.90. The van der Waals surface area contributed by atoms with Gasteiger partial charge in [-0.25, -0.2) is 8.42 Å². The van der Waals surface area contributed by atoms with E-state index in [0.29, 0.717) is 4.90 Å². The molecular weight excluding hydrogens is 326 g/mol. The van der Waals surface area contributed by atoms with Crippen molar-refractivity contribution in [3.8, 4) is 12.3 Å². The monoisotopic (exact) mass is 339 g/mol. The zero-order valence-electron chi connectivity index (χ0n) is 12.1. The summed E-state index contributed by atoms with van der Waals surface area (Å²) in [7, 11) is -3.56. The molecular formula is C18H13NO2S2. The quantitative estimate of drug-likeness (QED) is 0.727. The summed E-state index contributed by atoms with van der Waals surface area (Å²) in [6.45, 7) is 0. The minimum absolute atomic E-state index is 0.274. The average molecular weight is 339 g/mol. The Bertz CT molecular complexity index is 1030. The Labute approximate surface area is 139 Å². The van der Waals surface area contributed by atoms with Gasteiger partial charge in [0, 0.05) is 16.0 Å². The fourth-order valence-corrected chi connectivity index (χ4v) is 6.08. The molecule has 1 atom stereocenters. The first-order chi connectivity index (χ1) is 11.1. The molecule has 1 unspecified atom stereocenters. The minimum Gasteiger partial charge on any atom is -0.207 e. The summed E-state index contributed by atoms with van der Waals surface area (Å²) in [6.07, 6.45) is 5.86. The third-order valence-electron chi connectivity index (χ3n) is 4.16. The molecule has 0 bridgehead atoms. The van der Waals surface area contributed by atoms with Crippen molar-refractivity contribution in [1.29, 1.82) is 0 Å². The summed E-state index contributed by atoms with van der Waals surface area (Å²) in [6, 6.07) is 17.1. The number of terminal acetylenes is 1. The molecule has 0 radical (unpaired) electrons. The molecule has 2 aromatic carbocycles. The predicted octanol–water partition coefficient (Wildman–Crippen LogP) is 3.46. The van der Waals surface area contributed by atoms with Gasteiger partial charge in [0.05, 0.1) is 4.90 Å². The van der Waals surface area contributed by atoms with Crippen LogP contribution >= 0.6 is 11.3 Å². The fourth-order valence-electron chi connectivity index (χ4n) is 3.14. The number of rotatable bonds is 2. The summed E-state index contributed by atoms with van der Waals surface area (Å²) in [5.41, 5.74) is -0.155. The molecule has 1 aromatic heterocycles. The lowest BCUT2D eigenvalue weighted by Crippen LogP contribution is -2.39. The van der Waals surface area contributed by atoms with Crippen molar-refractivity contribution < 1.29 is 8.42 Å². The Kier molecular flexibility index (Phi) is 3.10. The molecule has 2 heterocycles. The van der Waals surface area contributed by atoms with Crippen molar-refractivity contribution in [2.24, 2.45) is 0 Å². The first-order valence-corrected chi connectivity index (χ1v) is 9.43. The van der Waals surface area contributed by atoms with Crippen LogP contribution in [0.15, 0.2) is 59.5 Å². The zero-order valence-corrected chi connectivity index (χ0v) is 13.7. The van der Waals surface area contributed by atoms with Crippen LogP contribution in [0.5, 0.6) is 0 Å². The van der Waals surface area contributed by atoms with Crippen LogP contribution in [0.25, 0.3) is 10.1 Å². The average Bonchev–Trinajstić information content (AvgIpc) is 3.07. The number of nitrogens with one attached hydrogen (secondary N) is 1. The highest BCUT2D eigenvalue weighted by atomic mass is 32.2. The summed E-state index contributed by atoms with van der Waals surface area (Å²) in [4.78, 5) is 1.23. The van der Waals surface area contributed by atoms with E-state index in [0.717, 1.165) is 20.5 Å². The zero-order chi connectivity index (χ0) is 16.1. The Balaban J connectivity index is 2.04. The van der Waals surface area contributed by atoms with Crippen molar-refractivity contribution in [1.82, 2.24) is 4.72 Å². The van der Waals surface area contributed by atoms with Crippen LogP contribution in [-0.2, 0) is 15.6 Å². The molecule has 1 N–H and O–H groups in total. The molecule has 1 aliphatic rings. The van der Waals surface area contributed by atoms with Crippen LogP contribution in [0.4, 0.5) is 0 Å². The third-order valence-corrected chi connectivity index (χ3v) is 6.99. The van der Waals surface area contributed by atoms with Gasteiger partial charge < -0.3 is 0 Å². The van der Waals surface area contributed by atoms with Crippen molar-refractivity contribution >= 4 is 31.4 Å². The fraction of sp³-hybridized carbons (Fsp3) is 0.111. The second kappa shape index (κ2) is 4.93. The summed E-state index contributed by atoms with van der Waals surface area (Å²) >= 11 is 1.58. The molecule has 3 aromatic rings. The first-order valence-electron chi connectivity index (χ1n) is 7.13. The van der Waals surface area contributed by atoms with E-state index in [1.54, 1.807) is 23.5 Å². The molecule has 0 spiro atoms. The van der Waals surface area contributed by atoms with Gasteiger partial charge in [0.25, 0.3) is 0 Å². The summed E-state index contributed by atoms with van der Waals surface area (Å²) in [5, 5.41) is 1.09. The highest BCUT2D eigenvalue weighted by Crippen LogP contribution is 2.46. The van der Waals surface area contributed by atoms with Gasteiger partial charge in [-0.15, -0.1) is 23.7 Å². The van der Waals surface area contributed by atoms with Gasteiger partial charge in [0.1, 0.15) is 5.54 Å². The van der Waals surface area contributed by atoms with Gasteiger partial charge in [-0.05, 0) is 29.1 Å². The van der Waals surface area contributed by atoms with Crippen molar-refractivity contribution in [2.75, 3.05) is 0 Å². The standard InChI is InChI=1S/C18H13NO2S2/c1-2-11-18(17-12-13-7-3-5-9-15(13)22-17)14-8-4-6-10-16(14)23(20,21)19-18/h1,3-10,12,19H,11H2. The molecule has 23 heavy (non-hydrogen) atoms. The van der Waals surface area contributed by atoms with Crippen molar-refractivity contribution in [2.45, 2.75) is 16.9 Å². The lowest BCUT2D eigenvalue weighted by Gasteiger charge is -2.26. The molecule has 0 fully saturated rings. The van der Waals surface area contributed by atoms with Gasteiger partial charge in [0.15, 0.2) is 0 Å². The van der Waals surface area contributed by atoms with E-state index in [9.17, 15) is 8.42 Å². The molecule has 0 amide bonds. The third kappa shape index (κ3) is 2.03. The SMILES string of the molecule is C#CCC1(c2cc3ccccc3s2)NS(=O)(=O)c2ccccc21. The second-order valence-corrected chi connectivity index (χ2v) is 8.27. The maximum Gasteiger partial charge on any atom is 0.242 e. The Morgan fingerprint density at radius 2 is 1.87 bits per heavy atom. The van der Waals surface area contributed by atoms with Crippen LogP contribution in [-0.4, -0.2) is 8.42 Å². The Morgan fingerprint density at radius 1 is 1.13 bits per heavy atom. The number of hydrogen-bond donors (Lipinski definition) is 1. The topological polar surface area (TPSA) is 46.2 Å². The normalized spacial score (nSPS) is 21.9. The number of sulfonamides is 1. The van der Waals surface area contributed by atoms with E-state index in [2.05, 4.69) is 10.6 Å². The van der Waals surface area contributed by atoms with E-state index < -0.39 is 15.6 Å². The molecule has 0 saturated carbocycles. The van der Waals surface area contributed by atoms with Gasteiger partial charge >= 0.3 is 0 Å². The maximum atomic E-state index is 12.6. The lowest BCUT2D eigenvalue weighted by atomic mass is 9.86.